The van der Waals surface area contributed by atoms with Gasteiger partial charge in [-0.3, -0.25) is 4.79 Å². The molecule has 2 N–H and O–H groups in total. The summed E-state index contributed by atoms with van der Waals surface area (Å²) in [7, 11) is 0. The smallest absolute Gasteiger partial charge is 0.228 e. The normalized spacial score (nSPS) is 21.1. The predicted molar refractivity (Wildman–Crippen MR) is 62.2 cm³/mol. The van der Waals surface area contributed by atoms with Crippen LogP contribution < -0.4 is 5.73 Å². The van der Waals surface area contributed by atoms with Crippen LogP contribution in [0, 0.1) is 0 Å². The monoisotopic (exact) mass is 241 g/mol. The summed E-state index contributed by atoms with van der Waals surface area (Å²) >= 11 is 1.36. The highest BCUT2D eigenvalue weighted by molar-refractivity contribution is 7.13. The van der Waals surface area contributed by atoms with Crippen molar-refractivity contribution in [2.45, 2.75) is 19.4 Å². The molecule has 2 heterocycles. The molecule has 0 radical (unpaired) electrons. The second kappa shape index (κ2) is 4.80. The molecule has 1 aliphatic heterocycles. The van der Waals surface area contributed by atoms with Crippen LogP contribution in [0.2, 0.25) is 0 Å². The molecule has 1 saturated heterocycles. The number of thiazole rings is 1. The van der Waals surface area contributed by atoms with Crippen LogP contribution in [0.4, 0.5) is 5.13 Å². The van der Waals surface area contributed by atoms with Crippen molar-refractivity contribution in [2.75, 3.05) is 25.4 Å². The minimum Gasteiger partial charge on any atom is -0.375 e. The summed E-state index contributed by atoms with van der Waals surface area (Å²) in [4.78, 5) is 17.8. The molecule has 0 spiro atoms. The highest BCUT2D eigenvalue weighted by Gasteiger charge is 2.21. The number of nitrogen functional groups attached to an aromatic ring is 1. The van der Waals surface area contributed by atoms with Crippen molar-refractivity contribution in [1.29, 1.82) is 0 Å². The highest BCUT2D eigenvalue weighted by atomic mass is 32.1. The molecule has 1 aliphatic rings. The van der Waals surface area contributed by atoms with Crippen LogP contribution in [-0.2, 0) is 16.0 Å². The molecule has 0 saturated carbocycles. The molecule has 6 heteroatoms. The van der Waals surface area contributed by atoms with E-state index in [1.165, 1.54) is 11.3 Å². The van der Waals surface area contributed by atoms with E-state index in [1.807, 2.05) is 17.2 Å². The largest absolute Gasteiger partial charge is 0.375 e. The van der Waals surface area contributed by atoms with Crippen molar-refractivity contribution in [2.24, 2.45) is 0 Å². The van der Waals surface area contributed by atoms with E-state index in [4.69, 9.17) is 10.5 Å². The SMILES string of the molecule is CC1CN(C(=O)Cc2csc(N)n2)CCO1. The zero-order valence-corrected chi connectivity index (χ0v) is 10.00. The molecule has 0 aliphatic carbocycles. The van der Waals surface area contributed by atoms with Crippen LogP contribution in [0.3, 0.4) is 0 Å². The Morgan fingerprint density at radius 1 is 1.81 bits per heavy atom. The van der Waals surface area contributed by atoms with E-state index in [0.717, 1.165) is 5.69 Å². The third-order valence-electron chi connectivity index (χ3n) is 2.50. The quantitative estimate of drug-likeness (QED) is 0.819. The molecule has 1 amide bonds. The zero-order chi connectivity index (χ0) is 11.5. The Kier molecular flexibility index (Phi) is 3.40. The van der Waals surface area contributed by atoms with E-state index < -0.39 is 0 Å². The average molecular weight is 241 g/mol. The number of carbonyl (C=O) groups excluding carboxylic acids is 1. The van der Waals surface area contributed by atoms with Gasteiger partial charge in [0, 0.05) is 18.5 Å². The zero-order valence-electron chi connectivity index (χ0n) is 9.18. The predicted octanol–water partition coefficient (Wildman–Crippen LogP) is 0.515. The number of carbonyl (C=O) groups is 1. The Labute approximate surface area is 98.2 Å². The number of aromatic nitrogens is 1. The Balaban J connectivity index is 1.92. The second-order valence-electron chi connectivity index (χ2n) is 3.88. The van der Waals surface area contributed by atoms with E-state index in [2.05, 4.69) is 4.98 Å². The first-order chi connectivity index (χ1) is 7.65. The van der Waals surface area contributed by atoms with Crippen molar-refractivity contribution in [3.8, 4) is 0 Å². The number of nitrogens with two attached hydrogens (primary N) is 1. The third kappa shape index (κ3) is 2.70. The summed E-state index contributed by atoms with van der Waals surface area (Å²) in [6, 6.07) is 0. The maximum atomic E-state index is 11.9. The van der Waals surface area contributed by atoms with Crippen molar-refractivity contribution in [1.82, 2.24) is 9.88 Å². The lowest BCUT2D eigenvalue weighted by atomic mass is 10.2. The Bertz CT molecular complexity index is 380. The van der Waals surface area contributed by atoms with Crippen LogP contribution in [-0.4, -0.2) is 41.6 Å². The van der Waals surface area contributed by atoms with Crippen LogP contribution in [0.25, 0.3) is 0 Å². The molecule has 1 aromatic rings. The summed E-state index contributed by atoms with van der Waals surface area (Å²) in [6.45, 7) is 3.92. The fourth-order valence-corrected chi connectivity index (χ4v) is 2.28. The van der Waals surface area contributed by atoms with Crippen molar-refractivity contribution in [3.05, 3.63) is 11.1 Å². The second-order valence-corrected chi connectivity index (χ2v) is 4.76. The fourth-order valence-electron chi connectivity index (χ4n) is 1.72. The summed E-state index contributed by atoms with van der Waals surface area (Å²) in [6.07, 6.45) is 0.457. The summed E-state index contributed by atoms with van der Waals surface area (Å²) in [5.74, 6) is 0.0976. The maximum Gasteiger partial charge on any atom is 0.228 e. The number of rotatable bonds is 2. The number of anilines is 1. The Hall–Kier alpha value is -1.14. The van der Waals surface area contributed by atoms with Crippen molar-refractivity contribution >= 4 is 22.4 Å². The minimum atomic E-state index is 0.0976. The molecule has 1 aromatic heterocycles. The van der Waals surface area contributed by atoms with E-state index >= 15 is 0 Å². The van der Waals surface area contributed by atoms with Crippen molar-refractivity contribution < 1.29 is 9.53 Å². The number of amides is 1. The van der Waals surface area contributed by atoms with Gasteiger partial charge >= 0.3 is 0 Å². The topological polar surface area (TPSA) is 68.5 Å². The number of nitrogens with zero attached hydrogens (tertiary/aromatic N) is 2. The molecule has 0 aromatic carbocycles. The van der Waals surface area contributed by atoms with Gasteiger partial charge in [0.25, 0.3) is 0 Å². The Morgan fingerprint density at radius 2 is 2.62 bits per heavy atom. The van der Waals surface area contributed by atoms with Gasteiger partial charge in [0.2, 0.25) is 5.91 Å². The highest BCUT2D eigenvalue weighted by Crippen LogP contribution is 2.13. The van der Waals surface area contributed by atoms with Gasteiger partial charge in [-0.05, 0) is 6.92 Å². The molecule has 1 unspecified atom stereocenters. The van der Waals surface area contributed by atoms with E-state index in [1.54, 1.807) is 0 Å². The molecule has 1 atom stereocenters. The molecule has 0 bridgehead atoms. The number of hydrogen-bond donors (Lipinski definition) is 1. The lowest BCUT2D eigenvalue weighted by Gasteiger charge is -2.31. The van der Waals surface area contributed by atoms with Gasteiger partial charge in [-0.15, -0.1) is 11.3 Å². The van der Waals surface area contributed by atoms with E-state index in [-0.39, 0.29) is 12.0 Å². The fraction of sp³-hybridized carbons (Fsp3) is 0.600. The first-order valence-corrected chi connectivity index (χ1v) is 6.12. The summed E-state index contributed by atoms with van der Waals surface area (Å²) in [5.41, 5.74) is 6.27. The summed E-state index contributed by atoms with van der Waals surface area (Å²) in [5, 5.41) is 2.34. The van der Waals surface area contributed by atoms with Crippen molar-refractivity contribution in [3.63, 3.8) is 0 Å². The third-order valence-corrected chi connectivity index (χ3v) is 3.22. The molecular formula is C10H15N3O2S. The number of ether oxygens (including phenoxy) is 1. The first-order valence-electron chi connectivity index (χ1n) is 5.24. The van der Waals surface area contributed by atoms with Gasteiger partial charge in [0.1, 0.15) is 0 Å². The molecule has 16 heavy (non-hydrogen) atoms. The van der Waals surface area contributed by atoms with E-state index in [0.29, 0.717) is 31.2 Å². The van der Waals surface area contributed by atoms with Gasteiger partial charge in [0.15, 0.2) is 5.13 Å². The van der Waals surface area contributed by atoms with Crippen LogP contribution >= 0.6 is 11.3 Å². The van der Waals surface area contributed by atoms with Gasteiger partial charge < -0.3 is 15.4 Å². The van der Waals surface area contributed by atoms with Gasteiger partial charge in [-0.2, -0.15) is 0 Å². The number of hydrogen-bond acceptors (Lipinski definition) is 5. The molecule has 1 fully saturated rings. The lowest BCUT2D eigenvalue weighted by Crippen LogP contribution is -2.45. The molecular weight excluding hydrogens is 226 g/mol. The maximum absolute atomic E-state index is 11.9. The van der Waals surface area contributed by atoms with E-state index in [9.17, 15) is 4.79 Å². The average Bonchev–Trinajstić information content (AvgIpc) is 2.64. The standard InChI is InChI=1S/C10H15N3O2S/c1-7-5-13(2-3-15-7)9(14)4-8-6-16-10(11)12-8/h6-7H,2-5H2,1H3,(H2,11,12). The van der Waals surface area contributed by atoms with Crippen LogP contribution in [0.5, 0.6) is 0 Å². The summed E-state index contributed by atoms with van der Waals surface area (Å²) < 4.78 is 5.39. The van der Waals surface area contributed by atoms with Gasteiger partial charge in [-0.25, -0.2) is 4.98 Å². The van der Waals surface area contributed by atoms with Crippen LogP contribution in [0.1, 0.15) is 12.6 Å². The first kappa shape index (κ1) is 11.3. The molecule has 88 valence electrons. The van der Waals surface area contributed by atoms with Gasteiger partial charge in [-0.1, -0.05) is 0 Å². The molecule has 5 nitrogen and oxygen atoms in total. The van der Waals surface area contributed by atoms with Gasteiger partial charge in [0.05, 0.1) is 24.8 Å². The lowest BCUT2D eigenvalue weighted by molar-refractivity contribution is -0.137. The Morgan fingerprint density at radius 3 is 3.25 bits per heavy atom. The molecule has 2 rings (SSSR count). The van der Waals surface area contributed by atoms with Crippen LogP contribution in [0.15, 0.2) is 5.38 Å². The number of morpholine rings is 1. The minimum absolute atomic E-state index is 0.0976.